The third-order valence-electron chi connectivity index (χ3n) is 7.97. The predicted molar refractivity (Wildman–Crippen MR) is 162 cm³/mol. The normalized spacial score (nSPS) is 17.1. The molecule has 0 atom stereocenters. The lowest BCUT2D eigenvalue weighted by Crippen LogP contribution is -2.33. The van der Waals surface area contributed by atoms with Gasteiger partial charge < -0.3 is 5.21 Å². The Morgan fingerprint density at radius 1 is 0.763 bits per heavy atom. The van der Waals surface area contributed by atoms with E-state index in [2.05, 4.69) is 93.8 Å². The Kier molecular flexibility index (Phi) is 12.1. The summed E-state index contributed by atoms with van der Waals surface area (Å²) < 4.78 is 0. The number of benzene rings is 3. The number of oxime groups is 1. The highest BCUT2D eigenvalue weighted by Gasteiger charge is 2.21. The largest absolute Gasteiger partial charge is 0.411 e. The second kappa shape index (κ2) is 15.3. The first-order valence-electron chi connectivity index (χ1n) is 13.6. The number of likely N-dealkylation sites (tertiary alicyclic amines) is 1. The summed E-state index contributed by atoms with van der Waals surface area (Å²) in [4.78, 5) is 5.12. The highest BCUT2D eigenvalue weighted by molar-refractivity contribution is 6.00. The number of hydrogen-bond acceptors (Lipinski definition) is 4. The first-order valence-corrected chi connectivity index (χ1v) is 13.6. The molecule has 0 amide bonds. The second-order valence-corrected chi connectivity index (χ2v) is 10.6. The molecule has 0 aromatic heterocycles. The van der Waals surface area contributed by atoms with Gasteiger partial charge in [-0.3, -0.25) is 9.80 Å². The second-order valence-electron chi connectivity index (χ2n) is 10.6. The minimum atomic E-state index is 0. The summed E-state index contributed by atoms with van der Waals surface area (Å²) in [6.45, 7) is 6.41. The molecule has 6 heteroatoms. The third-order valence-corrected chi connectivity index (χ3v) is 7.97. The van der Waals surface area contributed by atoms with E-state index in [0.717, 1.165) is 69.8 Å². The molecule has 0 radical (unpaired) electrons. The summed E-state index contributed by atoms with van der Waals surface area (Å²) in [6, 6.07) is 28.3. The predicted octanol–water partition coefficient (Wildman–Crippen LogP) is 7.35. The fourth-order valence-electron chi connectivity index (χ4n) is 5.85. The molecule has 204 valence electrons. The van der Waals surface area contributed by atoms with Crippen molar-refractivity contribution in [2.45, 2.75) is 58.2 Å². The molecule has 2 aliphatic rings. The number of rotatable bonds is 8. The van der Waals surface area contributed by atoms with Gasteiger partial charge in [0.2, 0.25) is 0 Å². The molecular weight excluding hydrogens is 513 g/mol. The van der Waals surface area contributed by atoms with Crippen molar-refractivity contribution in [1.82, 2.24) is 9.80 Å². The zero-order valence-electron chi connectivity index (χ0n) is 22.2. The van der Waals surface area contributed by atoms with Gasteiger partial charge in [0.25, 0.3) is 0 Å². The maximum atomic E-state index is 9.89. The number of fused-ring (bicyclic) bond motifs is 1. The van der Waals surface area contributed by atoms with E-state index in [4.69, 9.17) is 0 Å². The lowest BCUT2D eigenvalue weighted by atomic mass is 9.89. The molecule has 1 fully saturated rings. The SMILES string of the molecule is Cl.Cl.ON=C(CCC1CCN(Cc2ccccc2)CC1)c1ccc2c(c1)CN(Cc1ccccc1)CCC2. The maximum Gasteiger partial charge on any atom is 0.0868 e. The Bertz CT molecular complexity index is 1130. The number of aryl methyl sites for hydroxylation is 1. The smallest absolute Gasteiger partial charge is 0.0868 e. The number of hydrogen-bond donors (Lipinski definition) is 1. The van der Waals surface area contributed by atoms with Crippen LogP contribution in [0.3, 0.4) is 0 Å². The van der Waals surface area contributed by atoms with Gasteiger partial charge in [-0.1, -0.05) is 78.0 Å². The molecule has 1 N–H and O–H groups in total. The highest BCUT2D eigenvalue weighted by Crippen LogP contribution is 2.26. The van der Waals surface area contributed by atoms with Crippen LogP contribution < -0.4 is 0 Å². The molecule has 1 saturated heterocycles. The van der Waals surface area contributed by atoms with E-state index in [1.807, 2.05) is 0 Å². The van der Waals surface area contributed by atoms with Crippen molar-refractivity contribution in [2.24, 2.45) is 11.1 Å². The van der Waals surface area contributed by atoms with Crippen LogP contribution in [0.1, 0.15) is 59.9 Å². The molecule has 0 spiro atoms. The van der Waals surface area contributed by atoms with Crippen LogP contribution in [-0.2, 0) is 26.1 Å². The summed E-state index contributed by atoms with van der Waals surface area (Å²) in [5, 5.41) is 13.7. The zero-order chi connectivity index (χ0) is 24.6. The molecule has 0 bridgehead atoms. The van der Waals surface area contributed by atoms with Gasteiger partial charge in [0, 0.05) is 19.6 Å². The monoisotopic (exact) mass is 553 g/mol. The molecule has 3 aromatic rings. The van der Waals surface area contributed by atoms with Gasteiger partial charge in [0.05, 0.1) is 5.71 Å². The number of nitrogens with zero attached hydrogens (tertiary/aromatic N) is 3. The van der Waals surface area contributed by atoms with Gasteiger partial charge >= 0.3 is 0 Å². The molecule has 4 nitrogen and oxygen atoms in total. The minimum absolute atomic E-state index is 0. The molecule has 0 unspecified atom stereocenters. The number of halogens is 2. The topological polar surface area (TPSA) is 39.1 Å². The van der Waals surface area contributed by atoms with Gasteiger partial charge in [0.1, 0.15) is 0 Å². The van der Waals surface area contributed by atoms with Gasteiger partial charge in [-0.15, -0.1) is 24.8 Å². The van der Waals surface area contributed by atoms with E-state index < -0.39 is 0 Å². The Balaban J connectivity index is 0.00000200. The summed E-state index contributed by atoms with van der Waals surface area (Å²) in [7, 11) is 0. The van der Waals surface area contributed by atoms with Crippen LogP contribution in [0.4, 0.5) is 0 Å². The zero-order valence-corrected chi connectivity index (χ0v) is 23.8. The molecule has 38 heavy (non-hydrogen) atoms. The summed E-state index contributed by atoms with van der Waals surface area (Å²) in [6.07, 6.45) is 6.69. The molecule has 0 aliphatic carbocycles. The average Bonchev–Trinajstić information content (AvgIpc) is 3.12. The fourth-order valence-corrected chi connectivity index (χ4v) is 5.85. The molecule has 5 rings (SSSR count). The van der Waals surface area contributed by atoms with E-state index >= 15 is 0 Å². The lowest BCUT2D eigenvalue weighted by Gasteiger charge is -2.32. The van der Waals surface area contributed by atoms with Crippen LogP contribution in [0.5, 0.6) is 0 Å². The maximum absolute atomic E-state index is 9.89. The Morgan fingerprint density at radius 3 is 2.03 bits per heavy atom. The van der Waals surface area contributed by atoms with E-state index in [-0.39, 0.29) is 24.8 Å². The van der Waals surface area contributed by atoms with E-state index in [1.165, 1.54) is 41.5 Å². The molecule has 2 aliphatic heterocycles. The molecule has 3 aromatic carbocycles. The Labute approximate surface area is 240 Å². The van der Waals surface area contributed by atoms with Crippen molar-refractivity contribution in [2.75, 3.05) is 19.6 Å². The van der Waals surface area contributed by atoms with E-state index in [9.17, 15) is 5.21 Å². The minimum Gasteiger partial charge on any atom is -0.411 e. The molecular formula is C32H41Cl2N3O. The van der Waals surface area contributed by atoms with Gasteiger partial charge in [0.15, 0.2) is 0 Å². The third kappa shape index (κ3) is 8.31. The number of piperidine rings is 1. The molecule has 0 saturated carbocycles. The van der Waals surface area contributed by atoms with Crippen LogP contribution in [0, 0.1) is 5.92 Å². The van der Waals surface area contributed by atoms with Crippen molar-refractivity contribution in [1.29, 1.82) is 0 Å². The van der Waals surface area contributed by atoms with Crippen LogP contribution in [0.25, 0.3) is 0 Å². The highest BCUT2D eigenvalue weighted by atomic mass is 35.5. The quantitative estimate of drug-likeness (QED) is 0.180. The van der Waals surface area contributed by atoms with Crippen molar-refractivity contribution < 1.29 is 5.21 Å². The fraction of sp³-hybridized carbons (Fsp3) is 0.406. The van der Waals surface area contributed by atoms with Gasteiger partial charge in [-0.25, -0.2) is 0 Å². The van der Waals surface area contributed by atoms with Crippen LogP contribution in [0.15, 0.2) is 84.0 Å². The standard InChI is InChI=1S/C32H39N3O.2ClH/c36-33-32(16-13-26-17-20-34(21-18-26)23-27-8-3-1-4-9-27)30-15-14-29-12-7-19-35(25-31(29)22-30)24-28-10-5-2-6-11-28;;/h1-6,8-11,14-15,22,26,36H,7,12-13,16-21,23-25H2;2*1H. The van der Waals surface area contributed by atoms with Crippen LogP contribution >= 0.6 is 24.8 Å². The Morgan fingerprint density at radius 2 is 1.39 bits per heavy atom. The van der Waals surface area contributed by atoms with Crippen molar-refractivity contribution in [3.05, 3.63) is 107 Å². The van der Waals surface area contributed by atoms with E-state index in [1.54, 1.807) is 0 Å². The van der Waals surface area contributed by atoms with Crippen molar-refractivity contribution in [3.63, 3.8) is 0 Å². The summed E-state index contributed by atoms with van der Waals surface area (Å²) >= 11 is 0. The van der Waals surface area contributed by atoms with Gasteiger partial charge in [-0.2, -0.15) is 0 Å². The van der Waals surface area contributed by atoms with Crippen molar-refractivity contribution >= 4 is 30.5 Å². The summed E-state index contributed by atoms with van der Waals surface area (Å²) in [5.41, 5.74) is 7.51. The summed E-state index contributed by atoms with van der Waals surface area (Å²) in [5.74, 6) is 0.705. The first kappa shape index (κ1) is 30.2. The van der Waals surface area contributed by atoms with Gasteiger partial charge in [-0.05, 0) is 98.0 Å². The first-order chi connectivity index (χ1) is 17.8. The lowest BCUT2D eigenvalue weighted by molar-refractivity contribution is 0.173. The van der Waals surface area contributed by atoms with Crippen LogP contribution in [0.2, 0.25) is 0 Å². The average molecular weight is 555 g/mol. The Hall–Kier alpha value is -2.37. The van der Waals surface area contributed by atoms with E-state index in [0.29, 0.717) is 5.92 Å². The van der Waals surface area contributed by atoms with Crippen molar-refractivity contribution in [3.8, 4) is 0 Å². The molecule has 2 heterocycles. The van der Waals surface area contributed by atoms with Crippen LogP contribution in [-0.4, -0.2) is 40.4 Å².